The summed E-state index contributed by atoms with van der Waals surface area (Å²) in [5.41, 5.74) is 6.21. The van der Waals surface area contributed by atoms with Crippen LogP contribution in [0.25, 0.3) is 0 Å². The van der Waals surface area contributed by atoms with Gasteiger partial charge in [0.1, 0.15) is 5.82 Å². The fourth-order valence-corrected chi connectivity index (χ4v) is 1.63. The molecule has 0 fully saturated rings. The number of nitrogens with two attached hydrogens (primary N) is 1. The number of hydrogen-bond acceptors (Lipinski definition) is 2. The third kappa shape index (κ3) is 3.79. The maximum absolute atomic E-state index is 13.2. The van der Waals surface area contributed by atoms with Crippen molar-refractivity contribution in [3.63, 3.8) is 0 Å². The second kappa shape index (κ2) is 5.82. The minimum atomic E-state index is -0.416. The van der Waals surface area contributed by atoms with Crippen LogP contribution in [0.5, 0.6) is 0 Å². The summed E-state index contributed by atoms with van der Waals surface area (Å²) in [4.78, 5) is 10.5. The highest BCUT2D eigenvalue weighted by Crippen LogP contribution is 2.20. The average molecular weight is 245 g/mol. The van der Waals surface area contributed by atoms with Crippen LogP contribution in [0.1, 0.15) is 11.1 Å². The lowest BCUT2D eigenvalue weighted by atomic mass is 10.1. The van der Waals surface area contributed by atoms with E-state index < -0.39 is 5.91 Å². The van der Waals surface area contributed by atoms with E-state index in [-0.39, 0.29) is 12.4 Å². The van der Waals surface area contributed by atoms with Gasteiger partial charge in [0.25, 0.3) is 0 Å². The Morgan fingerprint density at radius 1 is 1.56 bits per heavy atom. The van der Waals surface area contributed by atoms with Crippen LogP contribution in [-0.4, -0.2) is 19.0 Å². The summed E-state index contributed by atoms with van der Waals surface area (Å²) in [6, 6.07) is 3.02. The summed E-state index contributed by atoms with van der Waals surface area (Å²) in [5, 5.41) is 3.38. The van der Waals surface area contributed by atoms with E-state index in [9.17, 15) is 9.18 Å². The highest BCUT2D eigenvalue weighted by atomic mass is 35.5. The Labute approximate surface area is 98.8 Å². The molecule has 0 aliphatic heterocycles. The molecule has 5 heteroatoms. The Kier molecular flexibility index (Phi) is 4.71. The van der Waals surface area contributed by atoms with Crippen molar-refractivity contribution in [3.05, 3.63) is 34.1 Å². The minimum Gasteiger partial charge on any atom is -0.369 e. The van der Waals surface area contributed by atoms with Crippen molar-refractivity contribution in [1.82, 2.24) is 5.32 Å². The van der Waals surface area contributed by atoms with Crippen LogP contribution in [0.2, 0.25) is 5.02 Å². The topological polar surface area (TPSA) is 55.1 Å². The highest BCUT2D eigenvalue weighted by molar-refractivity contribution is 6.31. The zero-order valence-corrected chi connectivity index (χ0v) is 9.77. The van der Waals surface area contributed by atoms with E-state index in [1.54, 1.807) is 13.0 Å². The maximum atomic E-state index is 13.2. The van der Waals surface area contributed by atoms with E-state index in [4.69, 9.17) is 17.3 Å². The number of halogens is 2. The van der Waals surface area contributed by atoms with Gasteiger partial charge in [0.05, 0.1) is 6.54 Å². The van der Waals surface area contributed by atoms with Crippen LogP contribution in [0.3, 0.4) is 0 Å². The molecule has 0 radical (unpaired) electrons. The van der Waals surface area contributed by atoms with E-state index in [2.05, 4.69) is 5.32 Å². The molecule has 0 bridgehead atoms. The van der Waals surface area contributed by atoms with E-state index in [0.717, 1.165) is 5.56 Å². The Bertz CT molecular complexity index is 396. The van der Waals surface area contributed by atoms with Crippen molar-refractivity contribution in [3.8, 4) is 0 Å². The number of benzene rings is 1. The fourth-order valence-electron chi connectivity index (χ4n) is 1.31. The largest absolute Gasteiger partial charge is 0.369 e. The third-order valence-corrected chi connectivity index (χ3v) is 2.55. The summed E-state index contributed by atoms with van der Waals surface area (Å²) in [6.45, 7) is 2.31. The number of hydrogen-bond donors (Lipinski definition) is 2. The first-order chi connectivity index (χ1) is 7.50. The number of nitrogens with one attached hydrogen (secondary N) is 1. The monoisotopic (exact) mass is 244 g/mol. The second-order valence-electron chi connectivity index (χ2n) is 3.59. The second-order valence-corrected chi connectivity index (χ2v) is 3.99. The quantitative estimate of drug-likeness (QED) is 0.770. The first-order valence-corrected chi connectivity index (χ1v) is 5.32. The molecule has 16 heavy (non-hydrogen) atoms. The van der Waals surface area contributed by atoms with Crippen LogP contribution in [-0.2, 0) is 11.2 Å². The van der Waals surface area contributed by atoms with Gasteiger partial charge in [-0.15, -0.1) is 0 Å². The molecule has 0 unspecified atom stereocenters. The van der Waals surface area contributed by atoms with Gasteiger partial charge in [0.15, 0.2) is 0 Å². The average Bonchev–Trinajstić information content (AvgIpc) is 2.19. The zero-order valence-electron chi connectivity index (χ0n) is 9.02. The standard InChI is InChI=1S/C11H14ClFN2O/c1-7-4-9(12)8(5-10(7)13)2-3-15-6-11(14)16/h4-5,15H,2-3,6H2,1H3,(H2,14,16). The third-order valence-electron chi connectivity index (χ3n) is 2.20. The molecule has 3 nitrogen and oxygen atoms in total. The molecule has 88 valence electrons. The number of carbonyl (C=O) groups excluding carboxylic acids is 1. The lowest BCUT2D eigenvalue weighted by Gasteiger charge is -2.07. The van der Waals surface area contributed by atoms with Gasteiger partial charge in [0, 0.05) is 5.02 Å². The molecule has 0 aromatic heterocycles. The lowest BCUT2D eigenvalue weighted by Crippen LogP contribution is -2.29. The molecule has 0 saturated carbocycles. The SMILES string of the molecule is Cc1cc(Cl)c(CCNCC(N)=O)cc1F. The van der Waals surface area contributed by atoms with Gasteiger partial charge >= 0.3 is 0 Å². The molecule has 3 N–H and O–H groups in total. The van der Waals surface area contributed by atoms with Crippen molar-refractivity contribution >= 4 is 17.5 Å². The zero-order chi connectivity index (χ0) is 12.1. The van der Waals surface area contributed by atoms with Crippen molar-refractivity contribution in [2.75, 3.05) is 13.1 Å². The van der Waals surface area contributed by atoms with E-state index >= 15 is 0 Å². The predicted octanol–water partition coefficient (Wildman–Crippen LogP) is 1.40. The van der Waals surface area contributed by atoms with Crippen LogP contribution >= 0.6 is 11.6 Å². The molecule has 0 spiro atoms. The van der Waals surface area contributed by atoms with Crippen LogP contribution < -0.4 is 11.1 Å². The predicted molar refractivity (Wildman–Crippen MR) is 61.9 cm³/mol. The Balaban J connectivity index is 2.54. The lowest BCUT2D eigenvalue weighted by molar-refractivity contribution is -0.117. The van der Waals surface area contributed by atoms with Crippen molar-refractivity contribution in [2.45, 2.75) is 13.3 Å². The fraction of sp³-hybridized carbons (Fsp3) is 0.364. The molecule has 1 rings (SSSR count). The van der Waals surface area contributed by atoms with Crippen molar-refractivity contribution < 1.29 is 9.18 Å². The molecule has 0 aliphatic rings. The van der Waals surface area contributed by atoms with E-state index in [1.165, 1.54) is 6.07 Å². The summed E-state index contributed by atoms with van der Waals surface area (Å²) >= 11 is 5.96. The van der Waals surface area contributed by atoms with E-state index in [1.807, 2.05) is 0 Å². The number of aryl methyl sites for hydroxylation is 1. The summed E-state index contributed by atoms with van der Waals surface area (Å²) in [5.74, 6) is -0.685. The van der Waals surface area contributed by atoms with E-state index in [0.29, 0.717) is 23.6 Å². The van der Waals surface area contributed by atoms with Gasteiger partial charge in [-0.05, 0) is 43.1 Å². The number of rotatable bonds is 5. The van der Waals surface area contributed by atoms with Crippen LogP contribution in [0.4, 0.5) is 4.39 Å². The molecule has 0 saturated heterocycles. The minimum absolute atomic E-state index is 0.117. The van der Waals surface area contributed by atoms with Crippen molar-refractivity contribution in [2.24, 2.45) is 5.73 Å². The molecule has 0 heterocycles. The molecule has 1 aromatic carbocycles. The van der Waals surface area contributed by atoms with Gasteiger partial charge in [-0.25, -0.2) is 4.39 Å². The molecule has 1 amide bonds. The van der Waals surface area contributed by atoms with Gasteiger partial charge in [-0.2, -0.15) is 0 Å². The number of amides is 1. The summed E-state index contributed by atoms with van der Waals surface area (Å²) in [6.07, 6.45) is 0.559. The van der Waals surface area contributed by atoms with Crippen LogP contribution in [0.15, 0.2) is 12.1 Å². The van der Waals surface area contributed by atoms with Gasteiger partial charge in [0.2, 0.25) is 5.91 Å². The number of primary amides is 1. The first kappa shape index (κ1) is 12.9. The maximum Gasteiger partial charge on any atom is 0.231 e. The first-order valence-electron chi connectivity index (χ1n) is 4.94. The molecule has 0 aliphatic carbocycles. The number of carbonyl (C=O) groups is 1. The molecular weight excluding hydrogens is 231 g/mol. The summed E-state index contributed by atoms with van der Waals surface area (Å²) < 4.78 is 13.2. The Hall–Kier alpha value is -1.13. The molecule has 0 atom stereocenters. The highest BCUT2D eigenvalue weighted by Gasteiger charge is 2.05. The molecule has 1 aromatic rings. The van der Waals surface area contributed by atoms with Crippen molar-refractivity contribution in [1.29, 1.82) is 0 Å². The molecular formula is C11H14ClFN2O. The van der Waals surface area contributed by atoms with Crippen LogP contribution in [0, 0.1) is 12.7 Å². The normalized spacial score (nSPS) is 10.4. The smallest absolute Gasteiger partial charge is 0.231 e. The van der Waals surface area contributed by atoms with Gasteiger partial charge in [-0.3, -0.25) is 4.79 Å². The van der Waals surface area contributed by atoms with Gasteiger partial charge < -0.3 is 11.1 Å². The Morgan fingerprint density at radius 3 is 2.88 bits per heavy atom. The van der Waals surface area contributed by atoms with Gasteiger partial charge in [-0.1, -0.05) is 11.6 Å². The summed E-state index contributed by atoms with van der Waals surface area (Å²) in [7, 11) is 0. The Morgan fingerprint density at radius 2 is 2.25 bits per heavy atom.